The van der Waals surface area contributed by atoms with E-state index in [2.05, 4.69) is 10.1 Å². The monoisotopic (exact) mass is 618 g/mol. The summed E-state index contributed by atoms with van der Waals surface area (Å²) in [5.74, 6) is -1.83. The third-order valence-corrected chi connectivity index (χ3v) is 9.17. The highest BCUT2D eigenvalue weighted by Gasteiger charge is 2.45. The summed E-state index contributed by atoms with van der Waals surface area (Å²) in [6.07, 6.45) is 3.98. The molecule has 2 aromatic heterocycles. The van der Waals surface area contributed by atoms with Gasteiger partial charge >= 0.3 is 12.1 Å². The van der Waals surface area contributed by atoms with Crippen molar-refractivity contribution in [2.45, 2.75) is 89.5 Å². The molecule has 41 heavy (non-hydrogen) atoms. The zero-order chi connectivity index (χ0) is 30.2. The second-order valence-electron chi connectivity index (χ2n) is 11.9. The third-order valence-electron chi connectivity index (χ3n) is 8.60. The molecule has 2 aliphatic carbocycles. The van der Waals surface area contributed by atoms with Gasteiger partial charge in [-0.3, -0.25) is 19.3 Å². The minimum atomic E-state index is -4.90. The van der Waals surface area contributed by atoms with Gasteiger partial charge in [0.2, 0.25) is 0 Å². The first kappa shape index (κ1) is 31.6. The van der Waals surface area contributed by atoms with Crippen LogP contribution < -0.4 is 0 Å². The summed E-state index contributed by atoms with van der Waals surface area (Å²) in [7, 11) is 0. The molecular formula is C28H35Cl2F3N4O4. The van der Waals surface area contributed by atoms with Crippen molar-refractivity contribution in [3.05, 3.63) is 45.5 Å². The third kappa shape index (κ3) is 6.83. The number of rotatable bonds is 8. The Balaban J connectivity index is 1.69. The second-order valence-corrected chi connectivity index (χ2v) is 12.7. The summed E-state index contributed by atoms with van der Waals surface area (Å²) in [5, 5.41) is 25.2. The van der Waals surface area contributed by atoms with Crippen LogP contribution in [0, 0.1) is 11.3 Å². The summed E-state index contributed by atoms with van der Waals surface area (Å²) in [6, 6.07) is -0.704. The number of nitrogens with zero attached hydrogens (tertiary/aromatic N) is 4. The molecule has 2 fully saturated rings. The minimum Gasteiger partial charge on any atom is -0.481 e. The van der Waals surface area contributed by atoms with Gasteiger partial charge < -0.3 is 15.1 Å². The maximum absolute atomic E-state index is 14.6. The van der Waals surface area contributed by atoms with Crippen molar-refractivity contribution in [1.29, 1.82) is 0 Å². The van der Waals surface area contributed by atoms with Gasteiger partial charge in [-0.2, -0.15) is 18.3 Å². The van der Waals surface area contributed by atoms with Crippen LogP contribution in [0.3, 0.4) is 0 Å². The Hall–Kier alpha value is -2.37. The fourth-order valence-electron chi connectivity index (χ4n) is 6.22. The van der Waals surface area contributed by atoms with E-state index in [9.17, 15) is 33.0 Å². The molecule has 1 unspecified atom stereocenters. The van der Waals surface area contributed by atoms with Gasteiger partial charge in [-0.15, -0.1) is 0 Å². The summed E-state index contributed by atoms with van der Waals surface area (Å²) in [5.41, 5.74) is -4.45. The number of hydrogen-bond acceptors (Lipinski definition) is 5. The van der Waals surface area contributed by atoms with Crippen LogP contribution in [0.15, 0.2) is 18.6 Å². The largest absolute Gasteiger partial charge is 0.481 e. The number of aliphatic carboxylic acids is 1. The summed E-state index contributed by atoms with van der Waals surface area (Å²) in [4.78, 5) is 30.7. The normalized spacial score (nSPS) is 23.7. The van der Waals surface area contributed by atoms with E-state index < -0.39 is 46.4 Å². The molecule has 2 aromatic rings. The van der Waals surface area contributed by atoms with Gasteiger partial charge in [-0.05, 0) is 58.3 Å². The quantitative estimate of drug-likeness (QED) is 0.339. The lowest BCUT2D eigenvalue weighted by atomic mass is 9.74. The van der Waals surface area contributed by atoms with Crippen LogP contribution in [0.1, 0.15) is 99.3 Å². The number of carboxylic acids is 1. The molecule has 1 atom stereocenters. The van der Waals surface area contributed by atoms with Gasteiger partial charge in [0, 0.05) is 24.5 Å². The number of carbonyl (C=O) groups is 2. The highest BCUT2D eigenvalue weighted by molar-refractivity contribution is 6.35. The summed E-state index contributed by atoms with van der Waals surface area (Å²) >= 11 is 12.6. The van der Waals surface area contributed by atoms with Crippen LogP contribution in [0.2, 0.25) is 10.0 Å². The Bertz CT molecular complexity index is 1250. The number of aromatic nitrogens is 3. The van der Waals surface area contributed by atoms with Gasteiger partial charge in [-0.25, -0.2) is 0 Å². The Morgan fingerprint density at radius 1 is 1.07 bits per heavy atom. The molecule has 226 valence electrons. The highest BCUT2D eigenvalue weighted by atomic mass is 35.5. The van der Waals surface area contributed by atoms with Crippen LogP contribution in [-0.2, 0) is 16.6 Å². The molecular weight excluding hydrogens is 584 g/mol. The van der Waals surface area contributed by atoms with Crippen molar-refractivity contribution < 1.29 is 33.0 Å². The second kappa shape index (κ2) is 12.1. The number of amides is 1. The summed E-state index contributed by atoms with van der Waals surface area (Å²) in [6.45, 7) is 2.80. The first-order valence-electron chi connectivity index (χ1n) is 13.8. The van der Waals surface area contributed by atoms with Crippen molar-refractivity contribution in [3.63, 3.8) is 0 Å². The minimum absolute atomic E-state index is 0.0586. The molecule has 0 aromatic carbocycles. The van der Waals surface area contributed by atoms with E-state index in [1.54, 1.807) is 6.92 Å². The molecule has 4 rings (SSSR count). The van der Waals surface area contributed by atoms with E-state index in [0.717, 1.165) is 43.0 Å². The number of aliphatic hydroxyl groups is 1. The molecule has 1 amide bonds. The van der Waals surface area contributed by atoms with Crippen LogP contribution in [0.25, 0.3) is 0 Å². The molecule has 2 saturated carbocycles. The number of carboxylic acid groups (broad SMARTS) is 1. The van der Waals surface area contributed by atoms with Crippen molar-refractivity contribution >= 4 is 35.1 Å². The Morgan fingerprint density at radius 2 is 1.66 bits per heavy atom. The summed E-state index contributed by atoms with van der Waals surface area (Å²) < 4.78 is 44.5. The first-order valence-corrected chi connectivity index (χ1v) is 14.6. The maximum Gasteiger partial charge on any atom is 0.433 e. The number of alkyl halides is 3. The Kier molecular flexibility index (Phi) is 9.31. The molecule has 0 saturated heterocycles. The van der Waals surface area contributed by atoms with E-state index >= 15 is 0 Å². The fourth-order valence-corrected chi connectivity index (χ4v) is 7.00. The highest BCUT2D eigenvalue weighted by Crippen LogP contribution is 2.44. The van der Waals surface area contributed by atoms with Crippen LogP contribution in [0.4, 0.5) is 13.2 Å². The maximum atomic E-state index is 14.6. The van der Waals surface area contributed by atoms with Gasteiger partial charge in [0.25, 0.3) is 5.91 Å². The van der Waals surface area contributed by atoms with E-state index in [1.165, 1.54) is 24.2 Å². The van der Waals surface area contributed by atoms with Crippen molar-refractivity contribution in [3.8, 4) is 0 Å². The van der Waals surface area contributed by atoms with E-state index in [4.69, 9.17) is 23.2 Å². The lowest BCUT2D eigenvalue weighted by Crippen LogP contribution is -2.45. The first-order chi connectivity index (χ1) is 19.1. The Morgan fingerprint density at radius 3 is 2.20 bits per heavy atom. The number of pyridine rings is 1. The van der Waals surface area contributed by atoms with Crippen LogP contribution in [-0.4, -0.2) is 54.8 Å². The molecule has 0 spiro atoms. The lowest BCUT2D eigenvalue weighted by molar-refractivity contribution is -0.152. The SMILES string of the molecule is CC1(C(=O)O)CCC(n2ncc(C(=O)N(CC3CCCCC3)CC(C)(O)c3c(Cl)cncc3Cl)c2C(F)(F)F)CC1. The molecule has 0 aliphatic heterocycles. The van der Waals surface area contributed by atoms with Crippen LogP contribution in [0.5, 0.6) is 0 Å². The number of halogens is 5. The van der Waals surface area contributed by atoms with E-state index in [1.807, 2.05) is 0 Å². The molecule has 0 bridgehead atoms. The van der Waals surface area contributed by atoms with Crippen molar-refractivity contribution in [2.75, 3.05) is 13.1 Å². The van der Waals surface area contributed by atoms with E-state index in [0.29, 0.717) is 0 Å². The average Bonchev–Trinajstić information content (AvgIpc) is 3.34. The van der Waals surface area contributed by atoms with Crippen molar-refractivity contribution in [1.82, 2.24) is 19.7 Å². The van der Waals surface area contributed by atoms with Gasteiger partial charge in [-0.1, -0.05) is 42.5 Å². The number of hydrogen-bond donors (Lipinski definition) is 2. The number of carbonyl (C=O) groups excluding carboxylic acids is 1. The molecule has 2 aliphatic rings. The molecule has 0 radical (unpaired) electrons. The van der Waals surface area contributed by atoms with Gasteiger partial charge in [0.05, 0.1) is 39.8 Å². The Labute approximate surface area is 246 Å². The predicted octanol–water partition coefficient (Wildman–Crippen LogP) is 6.74. The average molecular weight is 620 g/mol. The van der Waals surface area contributed by atoms with Crippen molar-refractivity contribution in [2.24, 2.45) is 11.3 Å². The smallest absolute Gasteiger partial charge is 0.433 e. The zero-order valence-electron chi connectivity index (χ0n) is 23.1. The molecule has 8 nitrogen and oxygen atoms in total. The lowest BCUT2D eigenvalue weighted by Gasteiger charge is -2.36. The van der Waals surface area contributed by atoms with Gasteiger partial charge in [0.1, 0.15) is 5.60 Å². The van der Waals surface area contributed by atoms with Crippen LogP contribution >= 0.6 is 23.2 Å². The molecule has 2 N–H and O–H groups in total. The predicted molar refractivity (Wildman–Crippen MR) is 147 cm³/mol. The molecule has 13 heteroatoms. The standard InChI is InChI=1S/C28H35Cl2F3N4O4/c1-26(25(39)40)10-8-18(9-11-26)37-23(28(31,32)33)19(12-35-37)24(38)36(15-17-6-4-3-5-7-17)16-27(2,41)22-20(29)13-34-14-21(22)30/h12-14,17-18,41H,3-11,15-16H2,1-2H3,(H,39,40). The fraction of sp³-hybridized carbons (Fsp3) is 0.643. The van der Waals surface area contributed by atoms with E-state index in [-0.39, 0.29) is 60.3 Å². The zero-order valence-corrected chi connectivity index (χ0v) is 24.6. The topological polar surface area (TPSA) is 109 Å². The molecule has 2 heterocycles. The van der Waals surface area contributed by atoms with Gasteiger partial charge in [0.15, 0.2) is 5.69 Å².